The molecule has 1 heterocycles. The van der Waals surface area contributed by atoms with Gasteiger partial charge in [-0.3, -0.25) is 4.79 Å². The molecule has 1 aliphatic heterocycles. The summed E-state index contributed by atoms with van der Waals surface area (Å²) in [5.74, 6) is 0.0309. The second kappa shape index (κ2) is 7.01. The Labute approximate surface area is 150 Å². The van der Waals surface area contributed by atoms with E-state index in [0.717, 1.165) is 12.8 Å². The molecule has 3 heteroatoms. The van der Waals surface area contributed by atoms with Crippen LogP contribution in [0.2, 0.25) is 0 Å². The van der Waals surface area contributed by atoms with Crippen molar-refractivity contribution in [2.24, 2.45) is 5.41 Å². The van der Waals surface area contributed by atoms with Crippen molar-refractivity contribution in [3.05, 3.63) is 60.2 Å². The predicted molar refractivity (Wildman–Crippen MR) is 101 cm³/mol. The Kier molecular flexibility index (Phi) is 4.96. The van der Waals surface area contributed by atoms with E-state index in [4.69, 9.17) is 0 Å². The van der Waals surface area contributed by atoms with Crippen LogP contribution >= 0.6 is 0 Å². The van der Waals surface area contributed by atoms with Gasteiger partial charge in [0.2, 0.25) is 5.91 Å². The lowest BCUT2D eigenvalue weighted by atomic mass is 9.93. The summed E-state index contributed by atoms with van der Waals surface area (Å²) in [4.78, 5) is 14.4. The quantitative estimate of drug-likeness (QED) is 0.909. The van der Waals surface area contributed by atoms with Crippen LogP contribution in [0, 0.1) is 5.41 Å². The number of hydrogen-bond donors (Lipinski definition) is 1. The summed E-state index contributed by atoms with van der Waals surface area (Å²) in [5, 5.41) is 10.3. The molecule has 3 rings (SSSR count). The lowest BCUT2D eigenvalue weighted by molar-refractivity contribution is -0.149. The minimum atomic E-state index is -0.652. The lowest BCUT2D eigenvalue weighted by Crippen LogP contribution is -2.47. The van der Waals surface area contributed by atoms with Crippen molar-refractivity contribution in [1.29, 1.82) is 0 Å². The van der Waals surface area contributed by atoms with E-state index in [9.17, 15) is 9.90 Å². The first-order chi connectivity index (χ1) is 11.9. The molecule has 1 fully saturated rings. The van der Waals surface area contributed by atoms with Gasteiger partial charge in [0.25, 0.3) is 0 Å². The first kappa shape index (κ1) is 17.7. The van der Waals surface area contributed by atoms with Gasteiger partial charge in [-0.2, -0.15) is 0 Å². The van der Waals surface area contributed by atoms with Gasteiger partial charge in [-0.05, 0) is 36.0 Å². The largest absolute Gasteiger partial charge is 0.374 e. The fraction of sp³-hybridized carbons (Fsp3) is 0.409. The average molecular weight is 337 g/mol. The van der Waals surface area contributed by atoms with Gasteiger partial charge in [-0.1, -0.05) is 75.4 Å². The Bertz CT molecular complexity index is 716. The zero-order valence-electron chi connectivity index (χ0n) is 15.3. The predicted octanol–water partition coefficient (Wildman–Crippen LogP) is 4.25. The summed E-state index contributed by atoms with van der Waals surface area (Å²) in [6.07, 6.45) is 1.65. The molecule has 3 nitrogen and oxygen atoms in total. The number of hydrogen-bond acceptors (Lipinski definition) is 2. The third kappa shape index (κ3) is 3.93. The van der Waals surface area contributed by atoms with E-state index in [-0.39, 0.29) is 11.9 Å². The maximum Gasteiger partial charge on any atom is 0.230 e. The standard InChI is InChI=1S/C22H27NO2/c1-22(2,3)21(25)23-19(13-14-20(23)24)15-16-9-11-18(12-10-16)17-7-5-4-6-8-17/h4-12,19-20,24H,13-15H2,1-3H3/t19-,20?/m0/s1. The number of carbonyl (C=O) groups excluding carboxylic acids is 1. The van der Waals surface area contributed by atoms with Gasteiger partial charge in [-0.25, -0.2) is 0 Å². The van der Waals surface area contributed by atoms with Gasteiger partial charge in [0.15, 0.2) is 0 Å². The number of aliphatic hydroxyl groups excluding tert-OH is 1. The van der Waals surface area contributed by atoms with E-state index in [1.54, 1.807) is 4.90 Å². The maximum absolute atomic E-state index is 12.7. The Balaban J connectivity index is 1.74. The van der Waals surface area contributed by atoms with Gasteiger partial charge in [-0.15, -0.1) is 0 Å². The molecule has 1 N–H and O–H groups in total. The van der Waals surface area contributed by atoms with E-state index in [1.807, 2.05) is 39.0 Å². The number of likely N-dealkylation sites (tertiary alicyclic amines) is 1. The summed E-state index contributed by atoms with van der Waals surface area (Å²) in [7, 11) is 0. The number of amides is 1. The molecule has 2 aromatic rings. The molecule has 1 amide bonds. The monoisotopic (exact) mass is 337 g/mol. The van der Waals surface area contributed by atoms with E-state index in [2.05, 4.69) is 36.4 Å². The topological polar surface area (TPSA) is 40.5 Å². The lowest BCUT2D eigenvalue weighted by Gasteiger charge is -2.33. The van der Waals surface area contributed by atoms with Crippen molar-refractivity contribution in [3.8, 4) is 11.1 Å². The number of aliphatic hydroxyl groups is 1. The van der Waals surface area contributed by atoms with Crippen LogP contribution in [0.1, 0.15) is 39.2 Å². The highest BCUT2D eigenvalue weighted by Gasteiger charge is 2.40. The van der Waals surface area contributed by atoms with E-state index in [1.165, 1.54) is 16.7 Å². The van der Waals surface area contributed by atoms with Crippen LogP contribution in [0.3, 0.4) is 0 Å². The zero-order chi connectivity index (χ0) is 18.0. The van der Waals surface area contributed by atoms with Crippen LogP contribution < -0.4 is 0 Å². The highest BCUT2D eigenvalue weighted by atomic mass is 16.3. The molecule has 0 saturated carbocycles. The molecule has 0 radical (unpaired) electrons. The van der Waals surface area contributed by atoms with Crippen LogP contribution in [-0.4, -0.2) is 28.2 Å². The van der Waals surface area contributed by atoms with Crippen LogP contribution in [0.5, 0.6) is 0 Å². The molecule has 0 aliphatic carbocycles. The summed E-state index contributed by atoms with van der Waals surface area (Å²) < 4.78 is 0. The molecular formula is C22H27NO2. The number of benzene rings is 2. The minimum absolute atomic E-state index is 0.0309. The van der Waals surface area contributed by atoms with Crippen molar-refractivity contribution >= 4 is 5.91 Å². The molecule has 1 saturated heterocycles. The second-order valence-corrected chi connectivity index (χ2v) is 7.94. The van der Waals surface area contributed by atoms with Crippen molar-refractivity contribution in [1.82, 2.24) is 4.90 Å². The number of carbonyl (C=O) groups is 1. The Morgan fingerprint density at radius 1 is 1.00 bits per heavy atom. The third-order valence-electron chi connectivity index (χ3n) is 4.88. The summed E-state index contributed by atoms with van der Waals surface area (Å²) in [6, 6.07) is 18.9. The molecule has 0 bridgehead atoms. The van der Waals surface area contributed by atoms with Crippen molar-refractivity contribution in [2.75, 3.05) is 0 Å². The Hall–Kier alpha value is -2.13. The van der Waals surface area contributed by atoms with Gasteiger partial charge >= 0.3 is 0 Å². The van der Waals surface area contributed by atoms with E-state index in [0.29, 0.717) is 6.42 Å². The molecular weight excluding hydrogens is 310 g/mol. The van der Waals surface area contributed by atoms with Crippen molar-refractivity contribution in [2.45, 2.75) is 52.3 Å². The molecule has 25 heavy (non-hydrogen) atoms. The summed E-state index contributed by atoms with van der Waals surface area (Å²) >= 11 is 0. The fourth-order valence-electron chi connectivity index (χ4n) is 3.49. The van der Waals surface area contributed by atoms with Crippen LogP contribution in [0.4, 0.5) is 0 Å². The molecule has 2 aromatic carbocycles. The van der Waals surface area contributed by atoms with E-state index >= 15 is 0 Å². The summed E-state index contributed by atoms with van der Waals surface area (Å²) in [5.41, 5.74) is 3.12. The Morgan fingerprint density at radius 2 is 1.60 bits per heavy atom. The van der Waals surface area contributed by atoms with Crippen molar-refractivity contribution in [3.63, 3.8) is 0 Å². The molecule has 2 atom stereocenters. The van der Waals surface area contributed by atoms with E-state index < -0.39 is 11.6 Å². The first-order valence-electron chi connectivity index (χ1n) is 9.01. The molecule has 1 aliphatic rings. The number of nitrogens with zero attached hydrogens (tertiary/aromatic N) is 1. The van der Waals surface area contributed by atoms with Crippen LogP contribution in [0.15, 0.2) is 54.6 Å². The van der Waals surface area contributed by atoms with Crippen LogP contribution in [0.25, 0.3) is 11.1 Å². The van der Waals surface area contributed by atoms with Crippen LogP contribution in [-0.2, 0) is 11.2 Å². The highest BCUT2D eigenvalue weighted by Crippen LogP contribution is 2.31. The molecule has 132 valence electrons. The van der Waals surface area contributed by atoms with Gasteiger partial charge < -0.3 is 10.0 Å². The molecule has 0 spiro atoms. The normalized spacial score (nSPS) is 20.7. The average Bonchev–Trinajstić information content (AvgIpc) is 2.95. The SMILES string of the molecule is CC(C)(C)C(=O)N1C(O)CC[C@H]1Cc1ccc(-c2ccccc2)cc1. The Morgan fingerprint density at radius 3 is 2.20 bits per heavy atom. The first-order valence-corrected chi connectivity index (χ1v) is 9.01. The van der Waals surface area contributed by atoms with Gasteiger partial charge in [0.1, 0.15) is 6.23 Å². The summed E-state index contributed by atoms with van der Waals surface area (Å²) in [6.45, 7) is 5.73. The maximum atomic E-state index is 12.7. The fourth-order valence-corrected chi connectivity index (χ4v) is 3.49. The van der Waals surface area contributed by atoms with Crippen molar-refractivity contribution < 1.29 is 9.90 Å². The minimum Gasteiger partial charge on any atom is -0.374 e. The smallest absolute Gasteiger partial charge is 0.230 e. The van der Waals surface area contributed by atoms with Gasteiger partial charge in [0, 0.05) is 11.5 Å². The number of rotatable bonds is 3. The second-order valence-electron chi connectivity index (χ2n) is 7.94. The zero-order valence-corrected chi connectivity index (χ0v) is 15.3. The third-order valence-corrected chi connectivity index (χ3v) is 4.88. The highest BCUT2D eigenvalue weighted by molar-refractivity contribution is 5.82. The van der Waals surface area contributed by atoms with Gasteiger partial charge in [0.05, 0.1) is 0 Å². The molecule has 1 unspecified atom stereocenters. The molecule has 0 aromatic heterocycles.